The number of nitrogens with zero attached hydrogens (tertiary/aromatic N) is 5. The van der Waals surface area contributed by atoms with E-state index in [0.717, 1.165) is 0 Å². The molecule has 4 aliphatic heterocycles. The Bertz CT molecular complexity index is 1950. The molecule has 14 nitrogen and oxygen atoms in total. The van der Waals surface area contributed by atoms with E-state index in [-0.39, 0.29) is 38.1 Å². The zero-order valence-corrected chi connectivity index (χ0v) is 32.0. The lowest BCUT2D eigenvalue weighted by Gasteiger charge is -2.39. The Hall–Kier alpha value is -4.44. The molecule has 2 N–H and O–H groups in total. The molecule has 8 atom stereocenters. The van der Waals surface area contributed by atoms with Gasteiger partial charge in [-0.1, -0.05) is 89.6 Å². The third-order valence-corrected chi connectivity index (χ3v) is 11.4. The average molecular weight is 806 g/mol. The second-order valence-corrected chi connectivity index (χ2v) is 15.6. The van der Waals surface area contributed by atoms with Gasteiger partial charge in [-0.2, -0.15) is 0 Å². The summed E-state index contributed by atoms with van der Waals surface area (Å²) in [6.07, 6.45) is 4.38. The molecular formula is C39H45BrN6O8. The molecule has 0 saturated carbocycles. The Labute approximate surface area is 321 Å². The number of amides is 3. The van der Waals surface area contributed by atoms with E-state index in [1.54, 1.807) is 27.8 Å². The second kappa shape index (κ2) is 15.7. The number of fused-ring (bicyclic) bond motifs is 3. The van der Waals surface area contributed by atoms with Crippen molar-refractivity contribution in [1.82, 2.24) is 30.1 Å². The van der Waals surface area contributed by atoms with Crippen molar-refractivity contribution in [1.29, 1.82) is 0 Å². The van der Waals surface area contributed by atoms with Crippen LogP contribution in [0.25, 0.3) is 11.0 Å². The van der Waals surface area contributed by atoms with Gasteiger partial charge >= 0.3 is 5.97 Å². The Kier molecular flexibility index (Phi) is 11.0. The number of para-hydroxylation sites is 1. The molecule has 4 aliphatic rings. The van der Waals surface area contributed by atoms with Crippen molar-refractivity contribution in [3.8, 4) is 0 Å². The summed E-state index contributed by atoms with van der Waals surface area (Å²) >= 11 is 3.62. The highest BCUT2D eigenvalue weighted by Gasteiger charge is 2.75. The number of carbonyl (C=O) groups excluding carboxylic acids is 4. The van der Waals surface area contributed by atoms with Crippen LogP contribution in [-0.4, -0.2) is 110 Å². The van der Waals surface area contributed by atoms with Crippen LogP contribution in [0.2, 0.25) is 0 Å². The summed E-state index contributed by atoms with van der Waals surface area (Å²) in [5.41, 5.74) is 0.423. The molecule has 5 bridgehead atoms. The summed E-state index contributed by atoms with van der Waals surface area (Å²) in [6, 6.07) is 13.7. The Morgan fingerprint density at radius 1 is 1.04 bits per heavy atom. The van der Waals surface area contributed by atoms with Gasteiger partial charge in [-0.3, -0.25) is 19.2 Å². The number of aliphatic hydroxyl groups excluding tert-OH is 1. The minimum Gasteiger partial charge on any atom is -0.455 e. The normalized spacial score (nSPS) is 30.1. The molecule has 286 valence electrons. The van der Waals surface area contributed by atoms with Crippen molar-refractivity contribution in [2.24, 2.45) is 17.8 Å². The fourth-order valence-corrected chi connectivity index (χ4v) is 9.16. The van der Waals surface area contributed by atoms with Crippen LogP contribution < -0.4 is 5.32 Å². The highest BCUT2D eigenvalue weighted by molar-refractivity contribution is 9.11. The molecule has 2 aromatic carbocycles. The van der Waals surface area contributed by atoms with Crippen LogP contribution in [0.15, 0.2) is 77.3 Å². The Morgan fingerprint density at radius 2 is 1.80 bits per heavy atom. The van der Waals surface area contributed by atoms with Gasteiger partial charge in [-0.15, -0.1) is 5.10 Å². The number of halogens is 1. The summed E-state index contributed by atoms with van der Waals surface area (Å²) in [7, 11) is 1.50. The number of nitrogens with one attached hydrogen (secondary N) is 1. The van der Waals surface area contributed by atoms with Crippen LogP contribution in [0, 0.1) is 17.8 Å². The lowest BCUT2D eigenvalue weighted by molar-refractivity contribution is -0.163. The van der Waals surface area contributed by atoms with E-state index in [9.17, 15) is 19.5 Å². The van der Waals surface area contributed by atoms with Crippen molar-refractivity contribution < 1.29 is 38.5 Å². The van der Waals surface area contributed by atoms with Crippen molar-refractivity contribution >= 4 is 50.7 Å². The minimum absolute atomic E-state index is 0.0192. The first kappa shape index (κ1) is 37.9. The fourth-order valence-electron chi connectivity index (χ4n) is 8.42. The quantitative estimate of drug-likeness (QED) is 0.242. The molecule has 2 saturated heterocycles. The first-order valence-electron chi connectivity index (χ1n) is 18.3. The van der Waals surface area contributed by atoms with Gasteiger partial charge in [0.05, 0.1) is 36.7 Å². The van der Waals surface area contributed by atoms with Crippen molar-refractivity contribution in [3.05, 3.63) is 82.9 Å². The van der Waals surface area contributed by atoms with Gasteiger partial charge in [0.2, 0.25) is 11.8 Å². The number of methoxy groups -OCH3 is 1. The molecule has 1 spiro atoms. The lowest BCUT2D eigenvalue weighted by atomic mass is 9.74. The molecule has 7 rings (SSSR count). The number of aromatic nitrogens is 3. The maximum Gasteiger partial charge on any atom is 0.313 e. The maximum atomic E-state index is 15.3. The smallest absolute Gasteiger partial charge is 0.313 e. The number of aliphatic hydroxyl groups is 1. The van der Waals surface area contributed by atoms with Gasteiger partial charge in [0.15, 0.2) is 0 Å². The van der Waals surface area contributed by atoms with Crippen LogP contribution in [0.5, 0.6) is 0 Å². The summed E-state index contributed by atoms with van der Waals surface area (Å²) in [5.74, 6) is -4.15. The predicted molar refractivity (Wildman–Crippen MR) is 199 cm³/mol. The number of likely N-dealkylation sites (tertiary alicyclic amines) is 1. The summed E-state index contributed by atoms with van der Waals surface area (Å²) in [5, 5.41) is 22.4. The molecule has 3 amide bonds. The molecule has 15 heteroatoms. The molecule has 5 heterocycles. The zero-order valence-electron chi connectivity index (χ0n) is 30.4. The first-order valence-corrected chi connectivity index (χ1v) is 19.1. The van der Waals surface area contributed by atoms with Gasteiger partial charge in [-0.05, 0) is 42.5 Å². The van der Waals surface area contributed by atoms with E-state index in [2.05, 4.69) is 31.6 Å². The highest BCUT2D eigenvalue weighted by atomic mass is 79.9. The molecular weight excluding hydrogens is 760 g/mol. The number of hydrogen-bond donors (Lipinski definition) is 2. The average Bonchev–Trinajstić information content (AvgIpc) is 3.88. The summed E-state index contributed by atoms with van der Waals surface area (Å²) < 4.78 is 20.7. The standard InChI is InChI=1S/C39H45BrN6O8/c1-23(2)18-25(20-47)46-35-37(50)44(22-45-29-15-10-9-14-27(29)42-43-45)17-11-5-8-16-30(48)41-28(21-52-3)33(24-12-6-4-7-13-24)53-38(51)31-32(36(46)49)39(35)19-26(40)34(31)54-39/h4-7,9-15,19,23,25,28,31-35,47H,8,16-18,20-22H2,1-3H3,(H,41,48)/b11-5-/t25-,28+,31-,32+,33+,34-,35-,39+/m1/s1. The minimum atomic E-state index is -1.56. The van der Waals surface area contributed by atoms with Crippen LogP contribution in [0.4, 0.5) is 0 Å². The Morgan fingerprint density at radius 3 is 2.54 bits per heavy atom. The van der Waals surface area contributed by atoms with E-state index in [0.29, 0.717) is 33.9 Å². The molecule has 0 unspecified atom stereocenters. The number of rotatable bonds is 9. The third-order valence-electron chi connectivity index (χ3n) is 10.7. The number of carbonyl (C=O) groups is 4. The van der Waals surface area contributed by atoms with Crippen LogP contribution in [-0.2, 0) is 40.1 Å². The van der Waals surface area contributed by atoms with E-state index in [1.807, 2.05) is 68.5 Å². The number of hydrogen-bond acceptors (Lipinski definition) is 10. The SMILES string of the molecule is COC[C@@H]1NC(=O)CC/C=C\CN(Cn2nnc3ccccc32)C(=O)[C@H]2N([C@@H](CO)CC(C)C)C(=O)[C@@H]3[C@@H](C(=O)O[C@H]1c1ccccc1)[C@@H]1O[C@@]32C=C1Br. The monoisotopic (exact) mass is 804 g/mol. The van der Waals surface area contributed by atoms with Crippen LogP contribution in [0.1, 0.15) is 44.8 Å². The van der Waals surface area contributed by atoms with E-state index in [4.69, 9.17) is 14.2 Å². The summed E-state index contributed by atoms with van der Waals surface area (Å²) in [4.78, 5) is 61.2. The molecule has 2 fully saturated rings. The first-order chi connectivity index (χ1) is 26.1. The van der Waals surface area contributed by atoms with E-state index in [1.165, 1.54) is 12.0 Å². The van der Waals surface area contributed by atoms with Crippen molar-refractivity contribution in [2.75, 3.05) is 26.9 Å². The fraction of sp³-hybridized carbons (Fsp3) is 0.487. The van der Waals surface area contributed by atoms with Crippen molar-refractivity contribution in [2.45, 2.75) is 75.7 Å². The van der Waals surface area contributed by atoms with Crippen molar-refractivity contribution in [3.63, 3.8) is 0 Å². The van der Waals surface area contributed by atoms with Gasteiger partial charge in [-0.25, -0.2) is 4.68 Å². The topological polar surface area (TPSA) is 165 Å². The summed E-state index contributed by atoms with van der Waals surface area (Å²) in [6.45, 7) is 3.68. The number of esters is 1. The second-order valence-electron chi connectivity index (χ2n) is 14.7. The molecule has 0 aliphatic carbocycles. The Balaban J connectivity index is 1.35. The maximum absolute atomic E-state index is 15.3. The van der Waals surface area contributed by atoms with Gasteiger partial charge < -0.3 is 34.4 Å². The number of allylic oxidation sites excluding steroid dienone is 1. The van der Waals surface area contributed by atoms with Crippen LogP contribution >= 0.6 is 15.9 Å². The molecule has 54 heavy (non-hydrogen) atoms. The van der Waals surface area contributed by atoms with E-state index < -0.39 is 72.2 Å². The third kappa shape index (κ3) is 6.86. The van der Waals surface area contributed by atoms with Gasteiger partial charge in [0.25, 0.3) is 5.91 Å². The van der Waals surface area contributed by atoms with Crippen LogP contribution in [0.3, 0.4) is 0 Å². The number of benzene rings is 2. The highest BCUT2D eigenvalue weighted by Crippen LogP contribution is 2.59. The molecule has 1 aromatic heterocycles. The lowest BCUT2D eigenvalue weighted by Crippen LogP contribution is -2.58. The number of ether oxygens (including phenoxy) is 3. The molecule has 0 radical (unpaired) electrons. The van der Waals surface area contributed by atoms with Gasteiger partial charge in [0.1, 0.15) is 42.0 Å². The molecule has 3 aromatic rings. The van der Waals surface area contributed by atoms with E-state index >= 15 is 4.79 Å². The number of cyclic esters (lactones) is 1. The van der Waals surface area contributed by atoms with Gasteiger partial charge in [0, 0.05) is 24.6 Å². The largest absolute Gasteiger partial charge is 0.455 e. The predicted octanol–water partition coefficient (Wildman–Crippen LogP) is 3.26. The zero-order chi connectivity index (χ0) is 38.1.